The number of pyridine rings is 1. The Hall–Kier alpha value is -3.41. The number of aliphatic carboxylic acids is 1. The topological polar surface area (TPSA) is 85.7 Å². The third-order valence-electron chi connectivity index (χ3n) is 6.81. The zero-order valence-corrected chi connectivity index (χ0v) is 18.7. The number of esters is 1. The van der Waals surface area contributed by atoms with Gasteiger partial charge in [0.25, 0.3) is 0 Å². The van der Waals surface area contributed by atoms with Gasteiger partial charge in [-0.25, -0.2) is 0 Å². The lowest BCUT2D eigenvalue weighted by Crippen LogP contribution is -2.27. The standard InChI is InChI=1S/C26H27NO5/c1-16-13-18(20-7-5-6-8-21(20)27-16)15-32-19-11-9-17(10-12-19)14-26(24(30)31-4)22(23(28)29)25(26,2)3/h5-13,22H,14-15H2,1-4H3,(H,28,29). The van der Waals surface area contributed by atoms with Gasteiger partial charge in [-0.15, -0.1) is 0 Å². The van der Waals surface area contributed by atoms with E-state index in [2.05, 4.69) is 4.98 Å². The van der Waals surface area contributed by atoms with Gasteiger partial charge in [0, 0.05) is 16.6 Å². The van der Waals surface area contributed by atoms with Crippen LogP contribution in [0.2, 0.25) is 0 Å². The van der Waals surface area contributed by atoms with E-state index in [0.29, 0.717) is 18.8 Å². The molecule has 3 aromatic rings. The Kier molecular flexibility index (Phi) is 5.41. The van der Waals surface area contributed by atoms with E-state index < -0.39 is 28.7 Å². The average Bonchev–Trinajstić information content (AvgIpc) is 3.27. The second-order valence-corrected chi connectivity index (χ2v) is 9.01. The number of fused-ring (bicyclic) bond motifs is 1. The van der Waals surface area contributed by atoms with E-state index in [-0.39, 0.29) is 0 Å². The highest BCUT2D eigenvalue weighted by Gasteiger charge is 2.79. The van der Waals surface area contributed by atoms with Gasteiger partial charge in [-0.3, -0.25) is 14.6 Å². The van der Waals surface area contributed by atoms with Crippen molar-refractivity contribution in [1.82, 2.24) is 4.98 Å². The number of aromatic nitrogens is 1. The van der Waals surface area contributed by atoms with Crippen molar-refractivity contribution >= 4 is 22.8 Å². The highest BCUT2D eigenvalue weighted by Crippen LogP contribution is 2.70. The Bertz CT molecular complexity index is 1180. The van der Waals surface area contributed by atoms with E-state index in [1.165, 1.54) is 7.11 Å². The lowest BCUT2D eigenvalue weighted by atomic mass is 9.88. The molecule has 0 amide bonds. The molecule has 166 valence electrons. The van der Waals surface area contributed by atoms with Gasteiger partial charge in [0.1, 0.15) is 12.4 Å². The number of benzene rings is 2. The minimum absolute atomic E-state index is 0.304. The lowest BCUT2D eigenvalue weighted by Gasteiger charge is -2.18. The van der Waals surface area contributed by atoms with Crippen LogP contribution in [-0.2, 0) is 27.4 Å². The molecule has 1 saturated carbocycles. The van der Waals surface area contributed by atoms with E-state index in [9.17, 15) is 14.7 Å². The Balaban J connectivity index is 1.51. The molecule has 0 aliphatic heterocycles. The number of hydrogen-bond acceptors (Lipinski definition) is 5. The third-order valence-corrected chi connectivity index (χ3v) is 6.81. The first-order valence-corrected chi connectivity index (χ1v) is 10.6. The molecule has 0 saturated heterocycles. The van der Waals surface area contributed by atoms with Crippen LogP contribution in [0.4, 0.5) is 0 Å². The summed E-state index contributed by atoms with van der Waals surface area (Å²) in [6.45, 7) is 5.98. The molecule has 4 rings (SSSR count). The molecule has 6 nitrogen and oxygen atoms in total. The van der Waals surface area contributed by atoms with Gasteiger partial charge in [-0.1, -0.05) is 44.2 Å². The summed E-state index contributed by atoms with van der Waals surface area (Å²) in [5, 5.41) is 10.7. The molecule has 0 bridgehead atoms. The lowest BCUT2D eigenvalue weighted by molar-refractivity contribution is -0.152. The average molecular weight is 434 g/mol. The van der Waals surface area contributed by atoms with E-state index >= 15 is 0 Å². The first-order chi connectivity index (χ1) is 15.2. The van der Waals surface area contributed by atoms with Crippen molar-refractivity contribution < 1.29 is 24.2 Å². The Morgan fingerprint density at radius 3 is 2.41 bits per heavy atom. The van der Waals surface area contributed by atoms with Gasteiger partial charge < -0.3 is 14.6 Å². The molecule has 32 heavy (non-hydrogen) atoms. The van der Waals surface area contributed by atoms with Gasteiger partial charge in [-0.05, 0) is 48.6 Å². The van der Waals surface area contributed by atoms with E-state index in [1.54, 1.807) is 13.8 Å². The van der Waals surface area contributed by atoms with Crippen LogP contribution in [0, 0.1) is 23.7 Å². The summed E-state index contributed by atoms with van der Waals surface area (Å²) in [4.78, 5) is 28.9. The predicted molar refractivity (Wildman–Crippen MR) is 120 cm³/mol. The molecule has 1 heterocycles. The summed E-state index contributed by atoms with van der Waals surface area (Å²) in [6.07, 6.45) is 0.304. The van der Waals surface area contributed by atoms with Crippen LogP contribution in [0.25, 0.3) is 10.9 Å². The summed E-state index contributed by atoms with van der Waals surface area (Å²) >= 11 is 0. The first-order valence-electron chi connectivity index (χ1n) is 10.6. The molecular formula is C26H27NO5. The normalized spacial score (nSPS) is 21.2. The van der Waals surface area contributed by atoms with Crippen molar-refractivity contribution in [2.75, 3.05) is 7.11 Å². The number of carboxylic acid groups (broad SMARTS) is 1. The SMILES string of the molecule is COC(=O)C1(Cc2ccc(OCc3cc(C)nc4ccccc34)cc2)C(C(=O)O)C1(C)C. The van der Waals surface area contributed by atoms with Crippen LogP contribution in [0.1, 0.15) is 30.7 Å². The Morgan fingerprint density at radius 1 is 1.09 bits per heavy atom. The van der Waals surface area contributed by atoms with Crippen molar-refractivity contribution in [1.29, 1.82) is 0 Å². The second kappa shape index (κ2) is 7.93. The maximum absolute atomic E-state index is 12.6. The van der Waals surface area contributed by atoms with E-state index in [1.807, 2.05) is 61.5 Å². The van der Waals surface area contributed by atoms with E-state index in [0.717, 1.165) is 27.7 Å². The van der Waals surface area contributed by atoms with Crippen molar-refractivity contribution in [2.45, 2.75) is 33.8 Å². The molecule has 2 unspecified atom stereocenters. The molecule has 1 aromatic heterocycles. The van der Waals surface area contributed by atoms with Crippen LogP contribution in [0.5, 0.6) is 5.75 Å². The number of aryl methyl sites for hydroxylation is 1. The van der Waals surface area contributed by atoms with E-state index in [4.69, 9.17) is 9.47 Å². The van der Waals surface area contributed by atoms with Crippen LogP contribution >= 0.6 is 0 Å². The zero-order chi connectivity index (χ0) is 23.1. The van der Waals surface area contributed by atoms with Crippen LogP contribution in [0.15, 0.2) is 54.6 Å². The van der Waals surface area contributed by atoms with Crippen LogP contribution < -0.4 is 4.74 Å². The number of hydrogen-bond donors (Lipinski definition) is 1. The number of para-hydroxylation sites is 1. The quantitative estimate of drug-likeness (QED) is 0.550. The Labute approximate surface area is 187 Å². The molecule has 1 aliphatic rings. The van der Waals surface area contributed by atoms with Crippen molar-refractivity contribution in [2.24, 2.45) is 16.7 Å². The predicted octanol–water partition coefficient (Wildman–Crippen LogP) is 4.56. The van der Waals surface area contributed by atoms with Gasteiger partial charge in [-0.2, -0.15) is 0 Å². The molecular weight excluding hydrogens is 406 g/mol. The maximum Gasteiger partial charge on any atom is 0.313 e. The molecule has 2 aromatic carbocycles. The number of carboxylic acids is 1. The molecule has 1 fully saturated rings. The fourth-order valence-corrected chi connectivity index (χ4v) is 5.04. The smallest absolute Gasteiger partial charge is 0.313 e. The molecule has 0 spiro atoms. The summed E-state index contributed by atoms with van der Waals surface area (Å²) in [5.74, 6) is -1.53. The van der Waals surface area contributed by atoms with Gasteiger partial charge in [0.2, 0.25) is 0 Å². The number of carbonyl (C=O) groups is 2. The fourth-order valence-electron chi connectivity index (χ4n) is 5.04. The monoisotopic (exact) mass is 433 g/mol. The minimum Gasteiger partial charge on any atom is -0.489 e. The molecule has 1 N–H and O–H groups in total. The number of methoxy groups -OCH3 is 1. The van der Waals surface area contributed by atoms with Crippen LogP contribution in [-0.4, -0.2) is 29.1 Å². The van der Waals surface area contributed by atoms with Crippen molar-refractivity contribution in [3.63, 3.8) is 0 Å². The summed E-state index contributed by atoms with van der Waals surface area (Å²) in [6, 6.07) is 17.5. The number of rotatable bonds is 7. The van der Waals surface area contributed by atoms with Crippen LogP contribution in [0.3, 0.4) is 0 Å². The molecule has 6 heteroatoms. The van der Waals surface area contributed by atoms with Gasteiger partial charge in [0.15, 0.2) is 0 Å². The van der Waals surface area contributed by atoms with Crippen molar-refractivity contribution in [3.8, 4) is 5.75 Å². The largest absolute Gasteiger partial charge is 0.489 e. The summed E-state index contributed by atoms with van der Waals surface area (Å²) in [5.41, 5.74) is 2.06. The summed E-state index contributed by atoms with van der Waals surface area (Å²) < 4.78 is 11.0. The highest BCUT2D eigenvalue weighted by atomic mass is 16.5. The molecule has 2 atom stereocenters. The number of nitrogens with zero attached hydrogens (tertiary/aromatic N) is 1. The summed E-state index contributed by atoms with van der Waals surface area (Å²) in [7, 11) is 1.30. The molecule has 1 aliphatic carbocycles. The maximum atomic E-state index is 12.6. The first kappa shape index (κ1) is 21.8. The van der Waals surface area contributed by atoms with Crippen molar-refractivity contribution in [3.05, 3.63) is 71.4 Å². The zero-order valence-electron chi connectivity index (χ0n) is 18.7. The number of carbonyl (C=O) groups excluding carboxylic acids is 1. The third kappa shape index (κ3) is 3.49. The fraction of sp³-hybridized carbons (Fsp3) is 0.346. The molecule has 0 radical (unpaired) electrons. The van der Waals surface area contributed by atoms with Gasteiger partial charge in [0.05, 0.1) is 24.0 Å². The second-order valence-electron chi connectivity index (χ2n) is 9.01. The van der Waals surface area contributed by atoms with Gasteiger partial charge >= 0.3 is 11.9 Å². The highest BCUT2D eigenvalue weighted by molar-refractivity contribution is 5.93. The number of ether oxygens (including phenoxy) is 2. The Morgan fingerprint density at radius 2 is 1.78 bits per heavy atom. The minimum atomic E-state index is -1.07.